The first-order chi connectivity index (χ1) is 17.0. The van der Waals surface area contributed by atoms with E-state index in [1.807, 2.05) is 17.5 Å². The SMILES string of the molecule is CCOC(=O)c1c(-c2ccc(Cl)cc2)csc1NC(=O)CSc1ncnc2sc3c(c12)CCCC3. The Morgan fingerprint density at radius 3 is 2.77 bits per heavy atom. The summed E-state index contributed by atoms with van der Waals surface area (Å²) in [7, 11) is 0. The number of ether oxygens (including phenoxy) is 1. The zero-order chi connectivity index (χ0) is 24.4. The molecule has 0 spiro atoms. The normalized spacial score (nSPS) is 13.0. The van der Waals surface area contributed by atoms with Gasteiger partial charge < -0.3 is 10.1 Å². The van der Waals surface area contributed by atoms with Gasteiger partial charge in [-0.3, -0.25) is 4.79 Å². The number of benzene rings is 1. The maximum absolute atomic E-state index is 12.9. The fraction of sp³-hybridized carbons (Fsp3) is 0.280. The minimum atomic E-state index is -0.468. The van der Waals surface area contributed by atoms with E-state index in [9.17, 15) is 9.59 Å². The number of carbonyl (C=O) groups is 2. The molecule has 1 amide bonds. The molecule has 0 aliphatic heterocycles. The third-order valence-corrected chi connectivity index (χ3v) is 9.07. The van der Waals surface area contributed by atoms with Crippen molar-refractivity contribution in [2.45, 2.75) is 37.6 Å². The fourth-order valence-electron chi connectivity index (χ4n) is 4.17. The number of hydrogen-bond donors (Lipinski definition) is 1. The number of fused-ring (bicyclic) bond motifs is 3. The van der Waals surface area contributed by atoms with Gasteiger partial charge in [-0.2, -0.15) is 0 Å². The minimum Gasteiger partial charge on any atom is -0.462 e. The Balaban J connectivity index is 1.36. The molecule has 3 heterocycles. The topological polar surface area (TPSA) is 81.2 Å². The molecule has 1 aliphatic rings. The molecule has 0 unspecified atom stereocenters. The molecule has 0 atom stereocenters. The van der Waals surface area contributed by atoms with E-state index < -0.39 is 5.97 Å². The second kappa shape index (κ2) is 10.7. The Bertz CT molecular complexity index is 1400. The summed E-state index contributed by atoms with van der Waals surface area (Å²) in [5, 5.41) is 7.78. The van der Waals surface area contributed by atoms with Gasteiger partial charge in [0.15, 0.2) is 0 Å². The van der Waals surface area contributed by atoms with E-state index in [-0.39, 0.29) is 18.3 Å². The fourth-order valence-corrected chi connectivity index (χ4v) is 7.38. The van der Waals surface area contributed by atoms with E-state index >= 15 is 0 Å². The van der Waals surface area contributed by atoms with Crippen molar-refractivity contribution >= 4 is 73.1 Å². The number of hydrogen-bond acceptors (Lipinski definition) is 8. The molecule has 0 saturated carbocycles. The summed E-state index contributed by atoms with van der Waals surface area (Å²) >= 11 is 10.5. The van der Waals surface area contributed by atoms with Crippen LogP contribution in [0.2, 0.25) is 5.02 Å². The summed E-state index contributed by atoms with van der Waals surface area (Å²) in [6, 6.07) is 7.22. The number of rotatable bonds is 7. The van der Waals surface area contributed by atoms with Gasteiger partial charge in [-0.15, -0.1) is 22.7 Å². The second-order valence-electron chi connectivity index (χ2n) is 7.99. The van der Waals surface area contributed by atoms with Gasteiger partial charge in [0.2, 0.25) is 5.91 Å². The van der Waals surface area contributed by atoms with Gasteiger partial charge in [0.05, 0.1) is 12.4 Å². The van der Waals surface area contributed by atoms with Crippen LogP contribution in [0.1, 0.15) is 40.6 Å². The number of aromatic nitrogens is 2. The second-order valence-corrected chi connectivity index (χ2v) is 11.4. The first kappa shape index (κ1) is 24.2. The third-order valence-electron chi connectivity index (χ3n) is 5.74. The number of thioether (sulfide) groups is 1. The molecule has 1 aromatic carbocycles. The van der Waals surface area contributed by atoms with Crippen LogP contribution in [0, 0.1) is 0 Å². The number of amides is 1. The number of aryl methyl sites for hydroxylation is 2. The van der Waals surface area contributed by atoms with Crippen molar-refractivity contribution in [3.63, 3.8) is 0 Å². The predicted molar refractivity (Wildman–Crippen MR) is 144 cm³/mol. The number of thiophene rings is 2. The quantitative estimate of drug-likeness (QED) is 0.156. The van der Waals surface area contributed by atoms with Crippen LogP contribution in [0.15, 0.2) is 41.0 Å². The maximum atomic E-state index is 12.9. The molecule has 6 nitrogen and oxygen atoms in total. The maximum Gasteiger partial charge on any atom is 0.341 e. The molecule has 1 aliphatic carbocycles. The standard InChI is InChI=1S/C25H22ClN3O3S3/c1-2-32-25(31)21-17(14-7-9-15(26)10-8-14)11-33-24(21)29-19(30)12-34-22-20-16-5-3-4-6-18(16)35-23(20)28-13-27-22/h7-11,13H,2-6,12H2,1H3,(H,29,30). The van der Waals surface area contributed by atoms with Gasteiger partial charge >= 0.3 is 5.97 Å². The summed E-state index contributed by atoms with van der Waals surface area (Å²) < 4.78 is 5.29. The highest BCUT2D eigenvalue weighted by atomic mass is 35.5. The Labute approximate surface area is 220 Å². The van der Waals surface area contributed by atoms with Crippen molar-refractivity contribution in [1.29, 1.82) is 0 Å². The molecule has 35 heavy (non-hydrogen) atoms. The summed E-state index contributed by atoms with van der Waals surface area (Å²) in [4.78, 5) is 37.1. The molecule has 0 fully saturated rings. The molecule has 0 radical (unpaired) electrons. The summed E-state index contributed by atoms with van der Waals surface area (Å²) in [6.07, 6.45) is 6.07. The monoisotopic (exact) mass is 543 g/mol. The van der Waals surface area contributed by atoms with Gasteiger partial charge in [-0.1, -0.05) is 35.5 Å². The lowest BCUT2D eigenvalue weighted by Gasteiger charge is -2.11. The Kier molecular flexibility index (Phi) is 7.38. The van der Waals surface area contributed by atoms with Crippen molar-refractivity contribution in [3.05, 3.63) is 57.0 Å². The molecule has 1 N–H and O–H groups in total. The zero-order valence-corrected chi connectivity index (χ0v) is 22.1. The van der Waals surface area contributed by atoms with Crippen molar-refractivity contribution in [2.24, 2.45) is 0 Å². The molecule has 5 rings (SSSR count). The molecular formula is C25H22ClN3O3S3. The summed E-state index contributed by atoms with van der Waals surface area (Å²) in [5.41, 5.74) is 3.23. The lowest BCUT2D eigenvalue weighted by molar-refractivity contribution is -0.113. The van der Waals surface area contributed by atoms with E-state index in [2.05, 4.69) is 15.3 Å². The highest BCUT2D eigenvalue weighted by molar-refractivity contribution is 8.00. The zero-order valence-electron chi connectivity index (χ0n) is 18.9. The number of halogens is 1. The van der Waals surface area contributed by atoms with Crippen molar-refractivity contribution in [3.8, 4) is 11.1 Å². The predicted octanol–water partition coefficient (Wildman–Crippen LogP) is 6.86. The van der Waals surface area contributed by atoms with Gasteiger partial charge in [0, 0.05) is 26.2 Å². The highest BCUT2D eigenvalue weighted by Crippen LogP contribution is 2.40. The van der Waals surface area contributed by atoms with Crippen LogP contribution in [-0.2, 0) is 22.4 Å². The summed E-state index contributed by atoms with van der Waals surface area (Å²) in [6.45, 7) is 2.00. The Morgan fingerprint density at radius 1 is 1.17 bits per heavy atom. The van der Waals surface area contributed by atoms with E-state index in [0.717, 1.165) is 33.6 Å². The van der Waals surface area contributed by atoms with Gasteiger partial charge in [-0.25, -0.2) is 14.8 Å². The van der Waals surface area contributed by atoms with Gasteiger partial charge in [0.25, 0.3) is 0 Å². The van der Waals surface area contributed by atoms with Gasteiger partial charge in [0.1, 0.15) is 26.7 Å². The Morgan fingerprint density at radius 2 is 1.97 bits per heavy atom. The lowest BCUT2D eigenvalue weighted by atomic mass is 9.97. The first-order valence-corrected chi connectivity index (χ1v) is 14.3. The van der Waals surface area contributed by atoms with E-state index in [1.165, 1.54) is 46.4 Å². The number of esters is 1. The van der Waals surface area contributed by atoms with Crippen LogP contribution >= 0.6 is 46.0 Å². The molecule has 0 bridgehead atoms. The molecule has 3 aromatic heterocycles. The molecular weight excluding hydrogens is 522 g/mol. The average molecular weight is 544 g/mol. The molecule has 180 valence electrons. The van der Waals surface area contributed by atoms with Crippen molar-refractivity contribution < 1.29 is 14.3 Å². The number of carbonyl (C=O) groups excluding carboxylic acids is 2. The van der Waals surface area contributed by atoms with E-state index in [4.69, 9.17) is 16.3 Å². The van der Waals surface area contributed by atoms with Crippen molar-refractivity contribution in [2.75, 3.05) is 17.7 Å². The van der Waals surface area contributed by atoms with Crippen LogP contribution in [0.25, 0.3) is 21.3 Å². The van der Waals surface area contributed by atoms with Gasteiger partial charge in [-0.05, 0) is 55.9 Å². The van der Waals surface area contributed by atoms with E-state index in [1.54, 1.807) is 36.7 Å². The largest absolute Gasteiger partial charge is 0.462 e. The molecule has 4 aromatic rings. The lowest BCUT2D eigenvalue weighted by Crippen LogP contribution is -2.16. The van der Waals surface area contributed by atoms with Crippen LogP contribution < -0.4 is 5.32 Å². The number of nitrogens with one attached hydrogen (secondary N) is 1. The van der Waals surface area contributed by atoms with Crippen LogP contribution in [0.3, 0.4) is 0 Å². The van der Waals surface area contributed by atoms with Crippen LogP contribution in [-0.4, -0.2) is 34.2 Å². The first-order valence-electron chi connectivity index (χ1n) is 11.3. The minimum absolute atomic E-state index is 0.174. The smallest absolute Gasteiger partial charge is 0.341 e. The molecule has 0 saturated heterocycles. The molecule has 10 heteroatoms. The van der Waals surface area contributed by atoms with Crippen LogP contribution in [0.4, 0.5) is 5.00 Å². The van der Waals surface area contributed by atoms with Crippen LogP contribution in [0.5, 0.6) is 0 Å². The average Bonchev–Trinajstić information content (AvgIpc) is 3.45. The Hall–Kier alpha value is -2.46. The third kappa shape index (κ3) is 5.09. The summed E-state index contributed by atoms with van der Waals surface area (Å²) in [5.74, 6) is -0.502. The number of nitrogens with zero attached hydrogens (tertiary/aromatic N) is 2. The number of anilines is 1. The van der Waals surface area contributed by atoms with E-state index in [0.29, 0.717) is 21.2 Å². The van der Waals surface area contributed by atoms with Crippen molar-refractivity contribution in [1.82, 2.24) is 9.97 Å². The highest BCUT2D eigenvalue weighted by Gasteiger charge is 2.24.